The largest absolute Gasteiger partial charge is 0.504 e. The smallest absolute Gasteiger partial charge is 0.335 e. The van der Waals surface area contributed by atoms with E-state index >= 15 is 0 Å². The molecule has 0 radical (unpaired) electrons. The molecule has 0 bridgehead atoms. The molecule has 0 aliphatic rings. The molecule has 1 aromatic carbocycles. The van der Waals surface area contributed by atoms with Gasteiger partial charge in [0.25, 0.3) is 0 Å². The summed E-state index contributed by atoms with van der Waals surface area (Å²) in [6.07, 6.45) is 2.24. The molecule has 4 nitrogen and oxygen atoms in total. The van der Waals surface area contributed by atoms with Crippen LogP contribution in [-0.4, -0.2) is 21.3 Å². The first-order chi connectivity index (χ1) is 7.41. The van der Waals surface area contributed by atoms with Gasteiger partial charge in [-0.3, -0.25) is 0 Å². The number of carbonyl (C=O) groups is 1. The second-order valence-corrected chi connectivity index (χ2v) is 3.79. The van der Waals surface area contributed by atoms with Crippen molar-refractivity contribution in [1.29, 1.82) is 0 Å². The Labute approximate surface area is 93.5 Å². The first-order valence-electron chi connectivity index (χ1n) is 4.83. The summed E-state index contributed by atoms with van der Waals surface area (Å²) in [6.45, 7) is 3.80. The molecule has 0 saturated heterocycles. The van der Waals surface area contributed by atoms with Crippen LogP contribution in [0.1, 0.15) is 29.8 Å². The Hall–Kier alpha value is -1.97. The highest BCUT2D eigenvalue weighted by Crippen LogP contribution is 2.31. The van der Waals surface area contributed by atoms with Gasteiger partial charge in [0.15, 0.2) is 11.5 Å². The molecule has 1 rings (SSSR count). The molecule has 3 N–H and O–H groups in total. The molecule has 16 heavy (non-hydrogen) atoms. The molecule has 0 atom stereocenters. The zero-order valence-corrected chi connectivity index (χ0v) is 9.19. The van der Waals surface area contributed by atoms with E-state index in [1.54, 1.807) is 0 Å². The van der Waals surface area contributed by atoms with E-state index in [1.165, 1.54) is 6.07 Å². The summed E-state index contributed by atoms with van der Waals surface area (Å²) >= 11 is 0. The van der Waals surface area contributed by atoms with Crippen molar-refractivity contribution in [3.05, 3.63) is 34.9 Å². The van der Waals surface area contributed by atoms with Crippen molar-refractivity contribution in [3.63, 3.8) is 0 Å². The maximum absolute atomic E-state index is 10.7. The number of carboxylic acid groups (broad SMARTS) is 1. The van der Waals surface area contributed by atoms with Crippen molar-refractivity contribution in [2.24, 2.45) is 0 Å². The highest BCUT2D eigenvalue weighted by atomic mass is 16.4. The van der Waals surface area contributed by atoms with Gasteiger partial charge in [-0.25, -0.2) is 4.79 Å². The van der Waals surface area contributed by atoms with Crippen molar-refractivity contribution in [1.82, 2.24) is 0 Å². The SMILES string of the molecule is CC(C)=CCc1cc(C(=O)O)cc(O)c1O. The lowest BCUT2D eigenvalue weighted by Crippen LogP contribution is -1.98. The average Bonchev–Trinajstić information content (AvgIpc) is 2.19. The van der Waals surface area contributed by atoms with Gasteiger partial charge in [-0.1, -0.05) is 11.6 Å². The lowest BCUT2D eigenvalue weighted by molar-refractivity contribution is 0.0696. The predicted molar refractivity (Wildman–Crippen MR) is 59.9 cm³/mol. The van der Waals surface area contributed by atoms with Crippen LogP contribution in [0.3, 0.4) is 0 Å². The summed E-state index contributed by atoms with van der Waals surface area (Å²) in [5.74, 6) is -1.80. The first-order valence-corrected chi connectivity index (χ1v) is 4.83. The van der Waals surface area contributed by atoms with Crippen molar-refractivity contribution < 1.29 is 20.1 Å². The molecule has 0 saturated carbocycles. The Bertz CT molecular complexity index is 443. The average molecular weight is 222 g/mol. The Morgan fingerprint density at radius 3 is 2.44 bits per heavy atom. The second-order valence-electron chi connectivity index (χ2n) is 3.79. The van der Waals surface area contributed by atoms with Crippen molar-refractivity contribution in [2.75, 3.05) is 0 Å². The zero-order chi connectivity index (χ0) is 12.3. The molecule has 1 aromatic rings. The van der Waals surface area contributed by atoms with Crippen LogP contribution in [0.15, 0.2) is 23.8 Å². The van der Waals surface area contributed by atoms with Gasteiger partial charge in [0.1, 0.15) is 0 Å². The van der Waals surface area contributed by atoms with Gasteiger partial charge in [-0.2, -0.15) is 0 Å². The van der Waals surface area contributed by atoms with Crippen molar-refractivity contribution in [2.45, 2.75) is 20.3 Å². The van der Waals surface area contributed by atoms with Crippen LogP contribution in [0.5, 0.6) is 11.5 Å². The van der Waals surface area contributed by atoms with E-state index < -0.39 is 11.7 Å². The number of hydrogen-bond donors (Lipinski definition) is 3. The summed E-state index contributed by atoms with van der Waals surface area (Å²) in [7, 11) is 0. The maximum Gasteiger partial charge on any atom is 0.335 e. The fourth-order valence-corrected chi connectivity index (χ4v) is 1.27. The number of rotatable bonds is 3. The highest BCUT2D eigenvalue weighted by Gasteiger charge is 2.12. The molecule has 0 aliphatic heterocycles. The summed E-state index contributed by atoms with van der Waals surface area (Å²) in [5.41, 5.74) is 1.42. The third-order valence-electron chi connectivity index (χ3n) is 2.15. The monoisotopic (exact) mass is 222 g/mol. The standard InChI is InChI=1S/C12H14O4/c1-7(2)3-4-8-5-9(12(15)16)6-10(13)11(8)14/h3,5-6,13-14H,4H2,1-2H3,(H,15,16). The molecular formula is C12H14O4. The summed E-state index contributed by atoms with van der Waals surface area (Å²) in [5, 5.41) is 27.7. The van der Waals surface area contributed by atoms with Gasteiger partial charge in [-0.15, -0.1) is 0 Å². The fourth-order valence-electron chi connectivity index (χ4n) is 1.27. The van der Waals surface area contributed by atoms with E-state index in [1.807, 2.05) is 19.9 Å². The number of aromatic carboxylic acids is 1. The maximum atomic E-state index is 10.7. The quantitative estimate of drug-likeness (QED) is 0.541. The number of phenolic OH excluding ortho intramolecular Hbond substituents is 2. The third kappa shape index (κ3) is 2.76. The second kappa shape index (κ2) is 4.70. The van der Waals surface area contributed by atoms with Crippen molar-refractivity contribution in [3.8, 4) is 11.5 Å². The molecule has 0 spiro atoms. The van der Waals surface area contributed by atoms with Gasteiger partial charge >= 0.3 is 5.97 Å². The van der Waals surface area contributed by atoms with Crippen LogP contribution < -0.4 is 0 Å². The van der Waals surface area contributed by atoms with Gasteiger partial charge in [-0.05, 0) is 32.4 Å². The highest BCUT2D eigenvalue weighted by molar-refractivity contribution is 5.89. The van der Waals surface area contributed by atoms with E-state index in [4.69, 9.17) is 5.11 Å². The van der Waals surface area contributed by atoms with Crippen LogP contribution in [0.2, 0.25) is 0 Å². The number of phenols is 2. The molecule has 0 unspecified atom stereocenters. The molecule has 0 heterocycles. The minimum Gasteiger partial charge on any atom is -0.504 e. The minimum absolute atomic E-state index is 0.0348. The van der Waals surface area contributed by atoms with Gasteiger partial charge in [0, 0.05) is 5.56 Å². The van der Waals surface area contributed by atoms with E-state index in [-0.39, 0.29) is 11.3 Å². The van der Waals surface area contributed by atoms with Gasteiger partial charge < -0.3 is 15.3 Å². The molecule has 86 valence electrons. The number of aromatic hydroxyl groups is 2. The predicted octanol–water partition coefficient (Wildman–Crippen LogP) is 2.30. The van der Waals surface area contributed by atoms with Crippen LogP contribution in [0.4, 0.5) is 0 Å². The van der Waals surface area contributed by atoms with Gasteiger partial charge in [0.2, 0.25) is 0 Å². The normalized spacial score (nSPS) is 9.88. The van der Waals surface area contributed by atoms with Crippen molar-refractivity contribution >= 4 is 5.97 Å². The number of hydrogen-bond acceptors (Lipinski definition) is 3. The topological polar surface area (TPSA) is 77.8 Å². The molecular weight excluding hydrogens is 208 g/mol. The zero-order valence-electron chi connectivity index (χ0n) is 9.19. The number of allylic oxidation sites excluding steroid dienone is 2. The van der Waals surface area contributed by atoms with Crippen LogP contribution in [0, 0.1) is 0 Å². The Morgan fingerprint density at radius 1 is 1.31 bits per heavy atom. The molecule has 0 amide bonds. The molecule has 0 aliphatic carbocycles. The van der Waals surface area contributed by atoms with Crippen LogP contribution in [0.25, 0.3) is 0 Å². The summed E-state index contributed by atoms with van der Waals surface area (Å²) in [4.78, 5) is 10.7. The summed E-state index contributed by atoms with van der Waals surface area (Å²) < 4.78 is 0. The number of carboxylic acids is 1. The Balaban J connectivity index is 3.16. The lowest BCUT2D eigenvalue weighted by atomic mass is 10.0. The Morgan fingerprint density at radius 2 is 1.94 bits per heavy atom. The van der Waals surface area contributed by atoms with E-state index in [9.17, 15) is 15.0 Å². The molecule has 0 aromatic heterocycles. The fraction of sp³-hybridized carbons (Fsp3) is 0.250. The lowest BCUT2D eigenvalue weighted by Gasteiger charge is -2.06. The number of benzene rings is 1. The summed E-state index contributed by atoms with van der Waals surface area (Å²) in [6, 6.07) is 2.39. The van der Waals surface area contributed by atoms with Gasteiger partial charge in [0.05, 0.1) is 5.56 Å². The molecule has 4 heteroatoms. The minimum atomic E-state index is -1.13. The molecule has 0 fully saturated rings. The first kappa shape index (κ1) is 12.1. The van der Waals surface area contributed by atoms with Crippen LogP contribution in [-0.2, 0) is 6.42 Å². The van der Waals surface area contributed by atoms with E-state index in [2.05, 4.69) is 0 Å². The van der Waals surface area contributed by atoms with E-state index in [0.717, 1.165) is 11.6 Å². The van der Waals surface area contributed by atoms with E-state index in [0.29, 0.717) is 12.0 Å². The van der Waals surface area contributed by atoms with Crippen LogP contribution >= 0.6 is 0 Å². The Kier molecular flexibility index (Phi) is 3.55. The third-order valence-corrected chi connectivity index (χ3v) is 2.15.